The van der Waals surface area contributed by atoms with Crippen molar-refractivity contribution in [3.8, 4) is 0 Å². The number of ether oxygens (including phenoxy) is 1. The van der Waals surface area contributed by atoms with Crippen LogP contribution in [0.3, 0.4) is 0 Å². The summed E-state index contributed by atoms with van der Waals surface area (Å²) in [4.78, 5) is 22.3. The summed E-state index contributed by atoms with van der Waals surface area (Å²) >= 11 is 0. The lowest BCUT2D eigenvalue weighted by Gasteiger charge is -2.26. The summed E-state index contributed by atoms with van der Waals surface area (Å²) in [6.45, 7) is 0.353. The number of nitrogens with two attached hydrogens (primary N) is 1. The van der Waals surface area contributed by atoms with Gasteiger partial charge in [0.2, 0.25) is 5.91 Å². The fourth-order valence-corrected chi connectivity index (χ4v) is 2.08. The maximum absolute atomic E-state index is 11.9. The fourth-order valence-electron chi connectivity index (χ4n) is 2.08. The number of para-hydroxylation sites is 1. The molecule has 0 saturated heterocycles. The standard InChI is InChI=1S/C13H17N3O3/c14-13(18)19-8-7-15-12(17)11-6-5-9-3-1-2-4-10(9)16-11/h1-4,11,16H,5-8H2,(H2,14,18)(H,15,17). The molecule has 102 valence electrons. The third-order valence-electron chi connectivity index (χ3n) is 3.01. The fraction of sp³-hybridized carbons (Fsp3) is 0.385. The largest absolute Gasteiger partial charge is 0.448 e. The van der Waals surface area contributed by atoms with Crippen LogP contribution in [0.25, 0.3) is 0 Å². The first-order valence-corrected chi connectivity index (χ1v) is 6.21. The van der Waals surface area contributed by atoms with Crippen molar-refractivity contribution in [2.24, 2.45) is 5.73 Å². The Morgan fingerprint density at radius 1 is 1.42 bits per heavy atom. The maximum atomic E-state index is 11.9. The van der Waals surface area contributed by atoms with Crippen LogP contribution in [0.4, 0.5) is 10.5 Å². The lowest BCUT2D eigenvalue weighted by Crippen LogP contribution is -2.43. The predicted octanol–water partition coefficient (Wildman–Crippen LogP) is 0.625. The molecule has 4 N–H and O–H groups in total. The van der Waals surface area contributed by atoms with Gasteiger partial charge >= 0.3 is 6.09 Å². The van der Waals surface area contributed by atoms with Crippen LogP contribution in [-0.4, -0.2) is 31.2 Å². The van der Waals surface area contributed by atoms with Gasteiger partial charge in [-0.1, -0.05) is 18.2 Å². The molecule has 1 aliphatic heterocycles. The number of carbonyl (C=O) groups excluding carboxylic acids is 2. The van der Waals surface area contributed by atoms with Crippen LogP contribution in [0.15, 0.2) is 24.3 Å². The van der Waals surface area contributed by atoms with Crippen molar-refractivity contribution >= 4 is 17.7 Å². The van der Waals surface area contributed by atoms with Gasteiger partial charge in [-0.2, -0.15) is 0 Å². The Kier molecular flexibility index (Phi) is 4.22. The van der Waals surface area contributed by atoms with Gasteiger partial charge in [0, 0.05) is 5.69 Å². The third kappa shape index (κ3) is 3.61. The Balaban J connectivity index is 1.80. The molecule has 0 aliphatic carbocycles. The van der Waals surface area contributed by atoms with E-state index in [1.54, 1.807) is 0 Å². The molecule has 0 aromatic heterocycles. The number of aryl methyl sites for hydroxylation is 1. The summed E-state index contributed by atoms with van der Waals surface area (Å²) in [6, 6.07) is 7.69. The van der Waals surface area contributed by atoms with Gasteiger partial charge in [-0.25, -0.2) is 4.79 Å². The van der Waals surface area contributed by atoms with Crippen molar-refractivity contribution in [3.63, 3.8) is 0 Å². The summed E-state index contributed by atoms with van der Waals surface area (Å²) in [5.74, 6) is -0.0948. The number of amides is 2. The highest BCUT2D eigenvalue weighted by molar-refractivity contribution is 5.85. The number of hydrogen-bond donors (Lipinski definition) is 3. The lowest BCUT2D eigenvalue weighted by molar-refractivity contribution is -0.122. The minimum Gasteiger partial charge on any atom is -0.448 e. The highest BCUT2D eigenvalue weighted by Crippen LogP contribution is 2.24. The Hall–Kier alpha value is -2.24. The molecule has 0 saturated carbocycles. The number of benzene rings is 1. The van der Waals surface area contributed by atoms with Crippen LogP contribution in [0.1, 0.15) is 12.0 Å². The molecule has 2 amide bonds. The van der Waals surface area contributed by atoms with Gasteiger partial charge in [0.05, 0.1) is 6.54 Å². The first-order chi connectivity index (χ1) is 9.16. The molecular formula is C13H17N3O3. The van der Waals surface area contributed by atoms with Gasteiger partial charge in [0.25, 0.3) is 0 Å². The highest BCUT2D eigenvalue weighted by atomic mass is 16.5. The molecule has 2 rings (SSSR count). The summed E-state index contributed by atoms with van der Waals surface area (Å²) in [6.07, 6.45) is 0.789. The summed E-state index contributed by atoms with van der Waals surface area (Å²) in [7, 11) is 0. The first kappa shape index (κ1) is 13.2. The number of rotatable bonds is 4. The molecule has 6 nitrogen and oxygen atoms in total. The number of carbonyl (C=O) groups is 2. The molecule has 0 spiro atoms. The van der Waals surface area contributed by atoms with Crippen molar-refractivity contribution < 1.29 is 14.3 Å². The Bertz CT molecular complexity index is 476. The van der Waals surface area contributed by atoms with E-state index in [9.17, 15) is 9.59 Å². The average Bonchev–Trinajstić information content (AvgIpc) is 2.42. The molecule has 0 radical (unpaired) electrons. The minimum absolute atomic E-state index is 0.0877. The highest BCUT2D eigenvalue weighted by Gasteiger charge is 2.23. The summed E-state index contributed by atoms with van der Waals surface area (Å²) in [5, 5.41) is 5.91. The topological polar surface area (TPSA) is 93.5 Å². The number of fused-ring (bicyclic) bond motifs is 1. The zero-order valence-corrected chi connectivity index (χ0v) is 10.5. The van der Waals surface area contributed by atoms with E-state index in [0.29, 0.717) is 0 Å². The minimum atomic E-state index is -0.834. The summed E-state index contributed by atoms with van der Waals surface area (Å²) < 4.78 is 4.54. The molecular weight excluding hydrogens is 246 g/mol. The molecule has 19 heavy (non-hydrogen) atoms. The van der Waals surface area contributed by atoms with Crippen LogP contribution >= 0.6 is 0 Å². The molecule has 1 aliphatic rings. The second-order valence-electron chi connectivity index (χ2n) is 4.35. The quantitative estimate of drug-likeness (QED) is 0.694. The van der Waals surface area contributed by atoms with Crippen molar-refractivity contribution in [2.75, 3.05) is 18.5 Å². The van der Waals surface area contributed by atoms with Crippen molar-refractivity contribution in [3.05, 3.63) is 29.8 Å². The van der Waals surface area contributed by atoms with Crippen molar-refractivity contribution in [1.82, 2.24) is 5.32 Å². The number of primary amides is 1. The van der Waals surface area contributed by atoms with Crippen molar-refractivity contribution in [1.29, 1.82) is 0 Å². The number of hydrogen-bond acceptors (Lipinski definition) is 4. The van der Waals surface area contributed by atoms with E-state index in [4.69, 9.17) is 5.73 Å². The Morgan fingerprint density at radius 3 is 3.00 bits per heavy atom. The van der Waals surface area contributed by atoms with Gasteiger partial charge < -0.3 is 21.1 Å². The van der Waals surface area contributed by atoms with E-state index >= 15 is 0 Å². The van der Waals surface area contributed by atoms with Crippen LogP contribution in [0.2, 0.25) is 0 Å². The second kappa shape index (κ2) is 6.08. The van der Waals surface area contributed by atoms with Crippen molar-refractivity contribution in [2.45, 2.75) is 18.9 Å². The van der Waals surface area contributed by atoms with Gasteiger partial charge in [0.1, 0.15) is 12.6 Å². The Labute approximate surface area is 111 Å². The second-order valence-corrected chi connectivity index (χ2v) is 4.35. The Morgan fingerprint density at radius 2 is 2.21 bits per heavy atom. The molecule has 0 bridgehead atoms. The molecule has 0 fully saturated rings. The van der Waals surface area contributed by atoms with E-state index in [1.807, 2.05) is 18.2 Å². The van der Waals surface area contributed by atoms with E-state index < -0.39 is 6.09 Å². The van der Waals surface area contributed by atoms with Gasteiger partial charge in [-0.3, -0.25) is 4.79 Å². The summed E-state index contributed by atoms with van der Waals surface area (Å²) in [5.41, 5.74) is 7.05. The zero-order valence-electron chi connectivity index (χ0n) is 10.5. The first-order valence-electron chi connectivity index (χ1n) is 6.21. The molecule has 1 aromatic carbocycles. The smallest absolute Gasteiger partial charge is 0.404 e. The van der Waals surface area contributed by atoms with Crippen LogP contribution in [-0.2, 0) is 16.0 Å². The van der Waals surface area contributed by atoms with E-state index in [-0.39, 0.29) is 25.1 Å². The monoisotopic (exact) mass is 263 g/mol. The number of anilines is 1. The lowest BCUT2D eigenvalue weighted by atomic mass is 9.98. The van der Waals surface area contributed by atoms with E-state index in [0.717, 1.165) is 18.5 Å². The number of nitrogens with one attached hydrogen (secondary N) is 2. The zero-order chi connectivity index (χ0) is 13.7. The van der Waals surface area contributed by atoms with Gasteiger partial charge in [-0.15, -0.1) is 0 Å². The average molecular weight is 263 g/mol. The van der Waals surface area contributed by atoms with Crippen LogP contribution in [0, 0.1) is 0 Å². The van der Waals surface area contributed by atoms with Crippen LogP contribution < -0.4 is 16.4 Å². The van der Waals surface area contributed by atoms with E-state index in [2.05, 4.69) is 21.4 Å². The molecule has 1 atom stereocenters. The molecule has 1 aromatic rings. The van der Waals surface area contributed by atoms with Gasteiger partial charge in [-0.05, 0) is 24.5 Å². The predicted molar refractivity (Wildman–Crippen MR) is 70.7 cm³/mol. The van der Waals surface area contributed by atoms with E-state index in [1.165, 1.54) is 5.56 Å². The van der Waals surface area contributed by atoms with Crippen LogP contribution in [0.5, 0.6) is 0 Å². The normalized spacial score (nSPS) is 16.9. The van der Waals surface area contributed by atoms with Gasteiger partial charge in [0.15, 0.2) is 0 Å². The SMILES string of the molecule is NC(=O)OCCNC(=O)C1CCc2ccccc2N1. The molecule has 1 unspecified atom stereocenters. The molecule has 6 heteroatoms. The molecule has 1 heterocycles. The third-order valence-corrected chi connectivity index (χ3v) is 3.01. The maximum Gasteiger partial charge on any atom is 0.404 e.